The van der Waals surface area contributed by atoms with Crippen molar-refractivity contribution in [2.45, 2.75) is 37.5 Å². The van der Waals surface area contributed by atoms with Crippen LogP contribution in [0.3, 0.4) is 0 Å². The van der Waals surface area contributed by atoms with E-state index in [1.54, 1.807) is 23.1 Å². The van der Waals surface area contributed by atoms with E-state index >= 15 is 0 Å². The fourth-order valence-electron chi connectivity index (χ4n) is 3.08. The highest BCUT2D eigenvalue weighted by Gasteiger charge is 2.31. The molecule has 0 saturated carbocycles. The highest BCUT2D eigenvalue weighted by atomic mass is 32.2. The Kier molecular flexibility index (Phi) is 8.79. The van der Waals surface area contributed by atoms with Gasteiger partial charge in [-0.25, -0.2) is 8.42 Å². The van der Waals surface area contributed by atoms with Crippen molar-refractivity contribution in [3.05, 3.63) is 70.6 Å². The number of nitrogens with zero attached hydrogens (tertiary/aromatic N) is 1. The normalized spacial score (nSPS) is 15.3. The van der Waals surface area contributed by atoms with Gasteiger partial charge in [-0.15, -0.1) is 4.83 Å². The van der Waals surface area contributed by atoms with Crippen LogP contribution in [0.4, 0.5) is 0 Å². The molecule has 174 valence electrons. The standard InChI is InChI=1S/C23H25N3O4S3/c1-17-11-13-18(14-12-17)16-20-22(28)26(23(31)32-20)15-7-3-6-10-21(27)24-25-33(29,30)19-8-4-2-5-9-19/h2,4-5,8-9,11-14,16,25H,3,6-7,10,15H2,1H3,(H,24,27)/b20-16-. The third-order valence-corrected chi connectivity index (χ3v) is 7.55. The van der Waals surface area contributed by atoms with Crippen molar-refractivity contribution < 1.29 is 18.0 Å². The number of hydrogen-bond acceptors (Lipinski definition) is 6. The average molecular weight is 504 g/mol. The molecule has 1 heterocycles. The van der Waals surface area contributed by atoms with Gasteiger partial charge in [0, 0.05) is 13.0 Å². The van der Waals surface area contributed by atoms with Crippen LogP contribution in [0.25, 0.3) is 6.08 Å². The molecule has 1 aliphatic rings. The van der Waals surface area contributed by atoms with Crippen LogP contribution in [-0.4, -0.2) is 36.0 Å². The number of carbonyl (C=O) groups is 2. The Hall–Kier alpha value is -2.53. The zero-order valence-electron chi connectivity index (χ0n) is 18.1. The number of amides is 2. The van der Waals surface area contributed by atoms with Crippen molar-refractivity contribution in [3.8, 4) is 0 Å². The second-order valence-electron chi connectivity index (χ2n) is 7.52. The molecule has 0 unspecified atom stereocenters. The zero-order valence-corrected chi connectivity index (χ0v) is 20.6. The van der Waals surface area contributed by atoms with Crippen LogP contribution < -0.4 is 10.3 Å². The van der Waals surface area contributed by atoms with Crippen LogP contribution in [0.2, 0.25) is 0 Å². The maximum Gasteiger partial charge on any atom is 0.266 e. The lowest BCUT2D eigenvalue weighted by atomic mass is 10.1. The van der Waals surface area contributed by atoms with Gasteiger partial charge in [-0.1, -0.05) is 78.4 Å². The number of carbonyl (C=O) groups excluding carboxylic acids is 2. The van der Waals surface area contributed by atoms with Gasteiger partial charge in [-0.05, 0) is 43.5 Å². The Balaban J connectivity index is 1.38. The van der Waals surface area contributed by atoms with Gasteiger partial charge in [0.1, 0.15) is 4.32 Å². The van der Waals surface area contributed by atoms with E-state index in [4.69, 9.17) is 12.2 Å². The molecule has 2 aromatic rings. The molecule has 7 nitrogen and oxygen atoms in total. The summed E-state index contributed by atoms with van der Waals surface area (Å²) < 4.78 is 24.7. The fraction of sp³-hybridized carbons (Fsp3) is 0.261. The Morgan fingerprint density at radius 3 is 2.45 bits per heavy atom. The van der Waals surface area contributed by atoms with Crippen LogP contribution in [0, 0.1) is 6.92 Å². The SMILES string of the molecule is Cc1ccc(/C=C2\SC(=S)N(CCCCCC(=O)NNS(=O)(=O)c3ccccc3)C2=O)cc1. The maximum atomic E-state index is 12.7. The molecule has 0 bridgehead atoms. The van der Waals surface area contributed by atoms with Crippen LogP contribution in [0.5, 0.6) is 0 Å². The second kappa shape index (κ2) is 11.6. The molecule has 33 heavy (non-hydrogen) atoms. The number of thiocarbonyl (C=S) groups is 1. The molecular formula is C23H25N3O4S3. The van der Waals surface area contributed by atoms with Gasteiger partial charge in [0.15, 0.2) is 0 Å². The first-order valence-electron chi connectivity index (χ1n) is 10.4. The lowest BCUT2D eigenvalue weighted by molar-refractivity contribution is -0.123. The van der Waals surface area contributed by atoms with E-state index in [0.29, 0.717) is 35.0 Å². The summed E-state index contributed by atoms with van der Waals surface area (Å²) in [6.07, 6.45) is 3.97. The van der Waals surface area contributed by atoms with Gasteiger partial charge < -0.3 is 0 Å². The summed E-state index contributed by atoms with van der Waals surface area (Å²) >= 11 is 6.65. The third-order valence-electron chi connectivity index (χ3n) is 4.91. The van der Waals surface area contributed by atoms with Gasteiger partial charge in [0.2, 0.25) is 5.91 Å². The molecule has 2 N–H and O–H groups in total. The van der Waals surface area contributed by atoms with E-state index in [9.17, 15) is 18.0 Å². The van der Waals surface area contributed by atoms with Crippen LogP contribution in [0.15, 0.2) is 64.4 Å². The van der Waals surface area contributed by atoms with Crippen molar-refractivity contribution in [1.82, 2.24) is 15.2 Å². The molecule has 2 amide bonds. The molecule has 0 spiro atoms. The fourth-order valence-corrected chi connectivity index (χ4v) is 5.27. The molecule has 2 aromatic carbocycles. The number of benzene rings is 2. The van der Waals surface area contributed by atoms with Crippen LogP contribution in [-0.2, 0) is 19.6 Å². The molecule has 10 heteroatoms. The molecular weight excluding hydrogens is 478 g/mol. The highest BCUT2D eigenvalue weighted by molar-refractivity contribution is 8.26. The Morgan fingerprint density at radius 2 is 1.76 bits per heavy atom. The lowest BCUT2D eigenvalue weighted by Gasteiger charge is -2.14. The van der Waals surface area contributed by atoms with E-state index in [1.807, 2.05) is 37.3 Å². The predicted octanol–water partition coefficient (Wildman–Crippen LogP) is 3.77. The first-order chi connectivity index (χ1) is 15.8. The molecule has 0 aliphatic carbocycles. The number of nitrogens with one attached hydrogen (secondary N) is 2. The number of thioether (sulfide) groups is 1. The molecule has 1 saturated heterocycles. The minimum absolute atomic E-state index is 0.0743. The van der Waals surface area contributed by atoms with E-state index in [2.05, 4.69) is 10.3 Å². The van der Waals surface area contributed by atoms with Gasteiger partial charge in [-0.3, -0.25) is 19.9 Å². The molecule has 0 radical (unpaired) electrons. The number of hydrogen-bond donors (Lipinski definition) is 2. The molecule has 1 fully saturated rings. The number of hydrazine groups is 1. The monoisotopic (exact) mass is 503 g/mol. The molecule has 1 aliphatic heterocycles. The summed E-state index contributed by atoms with van der Waals surface area (Å²) in [5.74, 6) is -0.514. The Labute approximate surface area is 203 Å². The number of unbranched alkanes of at least 4 members (excludes halogenated alkanes) is 2. The van der Waals surface area contributed by atoms with Gasteiger partial charge in [0.25, 0.3) is 15.9 Å². The maximum absolute atomic E-state index is 12.7. The lowest BCUT2D eigenvalue weighted by Crippen LogP contribution is -2.41. The second-order valence-corrected chi connectivity index (χ2v) is 10.9. The van der Waals surface area contributed by atoms with E-state index in [0.717, 1.165) is 11.1 Å². The summed E-state index contributed by atoms with van der Waals surface area (Å²) in [6, 6.07) is 15.7. The summed E-state index contributed by atoms with van der Waals surface area (Å²) in [6.45, 7) is 2.49. The molecule has 0 atom stereocenters. The minimum atomic E-state index is -3.79. The van der Waals surface area contributed by atoms with Crippen LogP contribution in [0.1, 0.15) is 36.8 Å². The molecule has 0 aromatic heterocycles. The van der Waals surface area contributed by atoms with Crippen molar-refractivity contribution in [2.75, 3.05) is 6.54 Å². The quantitative estimate of drug-likeness (QED) is 0.222. The summed E-state index contributed by atoms with van der Waals surface area (Å²) in [4.78, 5) is 29.0. The summed E-state index contributed by atoms with van der Waals surface area (Å²) in [7, 11) is -3.79. The van der Waals surface area contributed by atoms with E-state index in [1.165, 1.54) is 23.9 Å². The largest absolute Gasteiger partial charge is 0.293 e. The highest BCUT2D eigenvalue weighted by Crippen LogP contribution is 2.32. The first kappa shape index (κ1) is 25.1. The zero-order chi connectivity index (χ0) is 23.8. The van der Waals surface area contributed by atoms with Gasteiger partial charge in [-0.2, -0.15) is 0 Å². The van der Waals surface area contributed by atoms with Crippen molar-refractivity contribution >= 4 is 56.2 Å². The van der Waals surface area contributed by atoms with E-state index < -0.39 is 15.9 Å². The number of rotatable bonds is 10. The first-order valence-corrected chi connectivity index (χ1v) is 13.1. The Morgan fingerprint density at radius 1 is 1.06 bits per heavy atom. The molecule has 3 rings (SSSR count). The Bertz CT molecular complexity index is 1150. The van der Waals surface area contributed by atoms with Crippen molar-refractivity contribution in [2.24, 2.45) is 0 Å². The van der Waals surface area contributed by atoms with Crippen LogP contribution >= 0.6 is 24.0 Å². The summed E-state index contributed by atoms with van der Waals surface area (Å²) in [5, 5.41) is 0. The summed E-state index contributed by atoms with van der Waals surface area (Å²) in [5.41, 5.74) is 4.34. The minimum Gasteiger partial charge on any atom is -0.293 e. The number of aryl methyl sites for hydroxylation is 1. The van der Waals surface area contributed by atoms with Gasteiger partial charge >= 0.3 is 0 Å². The van der Waals surface area contributed by atoms with Crippen molar-refractivity contribution in [1.29, 1.82) is 0 Å². The third kappa shape index (κ3) is 7.23. The van der Waals surface area contributed by atoms with E-state index in [-0.39, 0.29) is 17.2 Å². The predicted molar refractivity (Wildman–Crippen MR) is 134 cm³/mol. The van der Waals surface area contributed by atoms with Crippen molar-refractivity contribution in [3.63, 3.8) is 0 Å². The smallest absolute Gasteiger partial charge is 0.266 e. The number of sulfonamides is 1. The topological polar surface area (TPSA) is 95.6 Å². The average Bonchev–Trinajstić information content (AvgIpc) is 3.07. The van der Waals surface area contributed by atoms with Gasteiger partial charge in [0.05, 0.1) is 9.80 Å².